The summed E-state index contributed by atoms with van der Waals surface area (Å²) in [6, 6.07) is 1.83. The smallest absolute Gasteiger partial charge is 0.323 e. The van der Waals surface area contributed by atoms with Crippen LogP contribution < -0.4 is 5.32 Å². The van der Waals surface area contributed by atoms with Crippen molar-refractivity contribution in [2.75, 3.05) is 18.4 Å². The summed E-state index contributed by atoms with van der Waals surface area (Å²) < 4.78 is 0. The summed E-state index contributed by atoms with van der Waals surface area (Å²) in [5, 5.41) is 10.9. The number of piperidine rings is 1. The minimum absolute atomic E-state index is 0.0384. The molecule has 0 atom stereocenters. The fraction of sp³-hybridized carbons (Fsp3) is 0.643. The summed E-state index contributed by atoms with van der Waals surface area (Å²) >= 11 is 0. The molecule has 1 N–H and O–H groups in total. The molecule has 1 saturated heterocycles. The second-order valence-corrected chi connectivity index (χ2v) is 5.95. The third kappa shape index (κ3) is 2.55. The molecule has 1 aromatic heterocycles. The first-order chi connectivity index (χ1) is 9.08. The molecule has 5 nitrogen and oxygen atoms in total. The maximum Gasteiger partial charge on any atom is 0.323 e. The summed E-state index contributed by atoms with van der Waals surface area (Å²) in [6.07, 6.45) is 4.95. The highest BCUT2D eigenvalue weighted by atomic mass is 16.2. The summed E-state index contributed by atoms with van der Waals surface area (Å²) in [4.78, 5) is 14.2. The molecule has 0 aromatic carbocycles. The topological polar surface area (TPSA) is 58.1 Å². The molecule has 2 aliphatic rings. The van der Waals surface area contributed by atoms with Crippen LogP contribution in [0.2, 0.25) is 0 Å². The maximum atomic E-state index is 12.2. The molecule has 3 rings (SSSR count). The van der Waals surface area contributed by atoms with Gasteiger partial charge in [0.1, 0.15) is 0 Å². The van der Waals surface area contributed by atoms with E-state index in [9.17, 15) is 4.79 Å². The number of urea groups is 1. The van der Waals surface area contributed by atoms with Gasteiger partial charge in [0.2, 0.25) is 0 Å². The summed E-state index contributed by atoms with van der Waals surface area (Å²) in [5.41, 5.74) is 2.39. The van der Waals surface area contributed by atoms with Gasteiger partial charge in [0.05, 0.1) is 5.69 Å². The van der Waals surface area contributed by atoms with E-state index in [0.717, 1.165) is 30.8 Å². The number of likely N-dealkylation sites (tertiary alicyclic amines) is 1. The van der Waals surface area contributed by atoms with Crippen LogP contribution in [-0.4, -0.2) is 34.2 Å². The quantitative estimate of drug-likeness (QED) is 0.844. The van der Waals surface area contributed by atoms with E-state index in [-0.39, 0.29) is 6.03 Å². The zero-order chi connectivity index (χ0) is 13.5. The number of anilines is 1. The van der Waals surface area contributed by atoms with Crippen LogP contribution in [0.25, 0.3) is 0 Å². The van der Waals surface area contributed by atoms with Crippen molar-refractivity contribution in [3.8, 4) is 0 Å². The highest BCUT2D eigenvalue weighted by molar-refractivity contribution is 5.88. The van der Waals surface area contributed by atoms with Crippen molar-refractivity contribution in [2.24, 2.45) is 5.41 Å². The van der Waals surface area contributed by atoms with Gasteiger partial charge in [0.15, 0.2) is 5.82 Å². The number of amides is 2. The first kappa shape index (κ1) is 12.4. The van der Waals surface area contributed by atoms with Gasteiger partial charge in [-0.1, -0.05) is 0 Å². The van der Waals surface area contributed by atoms with Crippen LogP contribution in [0.1, 0.15) is 36.9 Å². The van der Waals surface area contributed by atoms with Crippen LogP contribution in [0.15, 0.2) is 6.07 Å². The van der Waals surface area contributed by atoms with Crippen molar-refractivity contribution in [1.29, 1.82) is 0 Å². The molecular formula is C14H20N4O. The lowest BCUT2D eigenvalue weighted by atomic mass is 9.95. The molecule has 1 aromatic rings. The minimum atomic E-state index is -0.0384. The minimum Gasteiger partial charge on any atom is -0.324 e. The molecule has 0 radical (unpaired) electrons. The van der Waals surface area contributed by atoms with E-state index in [0.29, 0.717) is 11.2 Å². The Balaban J connectivity index is 1.65. The van der Waals surface area contributed by atoms with Crippen LogP contribution in [0.5, 0.6) is 0 Å². The largest absolute Gasteiger partial charge is 0.324 e. The lowest BCUT2D eigenvalue weighted by Gasteiger charge is -2.32. The van der Waals surface area contributed by atoms with Gasteiger partial charge in [-0.2, -0.15) is 5.10 Å². The fourth-order valence-electron chi connectivity index (χ4n) is 2.76. The Bertz CT molecular complexity index is 510. The Morgan fingerprint density at radius 3 is 2.79 bits per heavy atom. The van der Waals surface area contributed by atoms with Crippen molar-refractivity contribution in [1.82, 2.24) is 15.1 Å². The second-order valence-electron chi connectivity index (χ2n) is 5.95. The van der Waals surface area contributed by atoms with Crippen LogP contribution in [0.4, 0.5) is 10.6 Å². The van der Waals surface area contributed by atoms with E-state index in [1.54, 1.807) is 0 Å². The van der Waals surface area contributed by atoms with Crippen LogP contribution in [0, 0.1) is 19.3 Å². The van der Waals surface area contributed by atoms with Gasteiger partial charge >= 0.3 is 6.03 Å². The molecule has 1 spiro atoms. The predicted molar refractivity (Wildman–Crippen MR) is 73.0 cm³/mol. The van der Waals surface area contributed by atoms with Crippen molar-refractivity contribution in [3.05, 3.63) is 17.3 Å². The Morgan fingerprint density at radius 1 is 1.32 bits per heavy atom. The first-order valence-corrected chi connectivity index (χ1v) is 6.95. The Hall–Kier alpha value is -1.65. The van der Waals surface area contributed by atoms with E-state index < -0.39 is 0 Å². The third-order valence-electron chi connectivity index (χ3n) is 4.37. The van der Waals surface area contributed by atoms with Gasteiger partial charge in [0, 0.05) is 13.1 Å². The zero-order valence-corrected chi connectivity index (χ0v) is 11.6. The Kier molecular flexibility index (Phi) is 2.92. The highest BCUT2D eigenvalue weighted by Crippen LogP contribution is 2.51. The number of rotatable bonds is 1. The van der Waals surface area contributed by atoms with Gasteiger partial charge in [-0.05, 0) is 56.6 Å². The number of aromatic nitrogens is 2. The number of nitrogens with one attached hydrogen (secondary N) is 1. The molecule has 0 bridgehead atoms. The second kappa shape index (κ2) is 4.47. The zero-order valence-electron chi connectivity index (χ0n) is 11.6. The summed E-state index contributed by atoms with van der Waals surface area (Å²) in [6.45, 7) is 5.64. The van der Waals surface area contributed by atoms with Gasteiger partial charge in [-0.15, -0.1) is 5.10 Å². The van der Waals surface area contributed by atoms with Crippen molar-refractivity contribution < 1.29 is 4.79 Å². The molecule has 2 heterocycles. The van der Waals surface area contributed by atoms with E-state index in [4.69, 9.17) is 0 Å². The lowest BCUT2D eigenvalue weighted by Crippen LogP contribution is -2.43. The van der Waals surface area contributed by atoms with Crippen LogP contribution in [0.3, 0.4) is 0 Å². The molecule has 2 amide bonds. The SMILES string of the molecule is Cc1cc(NC(=O)N2CCCC3(CC3)C2)nnc1C. The van der Waals surface area contributed by atoms with Gasteiger partial charge in [0.25, 0.3) is 0 Å². The van der Waals surface area contributed by atoms with Gasteiger partial charge in [-0.25, -0.2) is 4.79 Å². The van der Waals surface area contributed by atoms with Crippen LogP contribution in [-0.2, 0) is 0 Å². The molecule has 19 heavy (non-hydrogen) atoms. The van der Waals surface area contributed by atoms with E-state index >= 15 is 0 Å². The third-order valence-corrected chi connectivity index (χ3v) is 4.37. The standard InChI is InChI=1S/C14H20N4O/c1-10-8-12(17-16-11(10)2)15-13(19)18-7-3-4-14(9-18)5-6-14/h8H,3-7,9H2,1-2H3,(H,15,17,19). The number of hydrogen-bond donors (Lipinski definition) is 1. The van der Waals surface area contributed by atoms with Gasteiger partial charge < -0.3 is 4.90 Å². The lowest BCUT2D eigenvalue weighted by molar-refractivity contribution is 0.169. The van der Waals surface area contributed by atoms with Crippen molar-refractivity contribution >= 4 is 11.8 Å². The number of carbonyl (C=O) groups is 1. The molecule has 0 unspecified atom stereocenters. The Morgan fingerprint density at radius 2 is 2.11 bits per heavy atom. The maximum absolute atomic E-state index is 12.2. The number of carbonyl (C=O) groups excluding carboxylic acids is 1. The van der Waals surface area contributed by atoms with Crippen molar-refractivity contribution in [3.63, 3.8) is 0 Å². The first-order valence-electron chi connectivity index (χ1n) is 6.95. The molecule has 2 fully saturated rings. The summed E-state index contributed by atoms with van der Waals surface area (Å²) in [5.74, 6) is 0.545. The van der Waals surface area contributed by atoms with E-state index in [1.165, 1.54) is 19.3 Å². The van der Waals surface area contributed by atoms with E-state index in [2.05, 4.69) is 15.5 Å². The number of hydrogen-bond acceptors (Lipinski definition) is 3. The summed E-state index contributed by atoms with van der Waals surface area (Å²) in [7, 11) is 0. The highest BCUT2D eigenvalue weighted by Gasteiger charge is 2.46. The number of aryl methyl sites for hydroxylation is 2. The average Bonchev–Trinajstić information content (AvgIpc) is 3.13. The monoisotopic (exact) mass is 260 g/mol. The van der Waals surface area contributed by atoms with Gasteiger partial charge in [-0.3, -0.25) is 5.32 Å². The Labute approximate surface area is 113 Å². The molecule has 102 valence electrons. The fourth-order valence-corrected chi connectivity index (χ4v) is 2.76. The molecule has 1 aliphatic carbocycles. The van der Waals surface area contributed by atoms with Crippen LogP contribution >= 0.6 is 0 Å². The molecular weight excluding hydrogens is 240 g/mol. The predicted octanol–water partition coefficient (Wildman–Crippen LogP) is 2.50. The molecule has 5 heteroatoms. The molecule has 1 saturated carbocycles. The van der Waals surface area contributed by atoms with E-state index in [1.807, 2.05) is 24.8 Å². The average molecular weight is 260 g/mol. The van der Waals surface area contributed by atoms with Crippen molar-refractivity contribution in [2.45, 2.75) is 39.5 Å². The normalized spacial score (nSPS) is 20.4. The molecule has 1 aliphatic heterocycles. The number of nitrogens with zero attached hydrogens (tertiary/aromatic N) is 3.